The Morgan fingerprint density at radius 1 is 0.789 bits per heavy atom. The first-order valence-electron chi connectivity index (χ1n) is 12.4. The van der Waals surface area contributed by atoms with Gasteiger partial charge in [0.2, 0.25) is 10.0 Å². The second kappa shape index (κ2) is 12.4. The molecule has 7 heteroatoms. The maximum atomic E-state index is 13.5. The number of rotatable bonds is 10. The van der Waals surface area contributed by atoms with Crippen LogP contribution in [0.2, 0.25) is 0 Å². The van der Waals surface area contributed by atoms with Crippen molar-refractivity contribution in [1.29, 1.82) is 0 Å². The fourth-order valence-corrected chi connectivity index (χ4v) is 5.30. The molecule has 0 fully saturated rings. The van der Waals surface area contributed by atoms with Crippen LogP contribution < -0.4 is 4.72 Å². The Bertz CT molecular complexity index is 1430. The number of carbonyl (C=O) groups is 1. The molecule has 0 bridgehead atoms. The summed E-state index contributed by atoms with van der Waals surface area (Å²) in [5, 5.41) is 0. The molecule has 0 aromatic heterocycles. The molecule has 4 rings (SSSR count). The number of ether oxygens (including phenoxy) is 1. The van der Waals surface area contributed by atoms with Crippen LogP contribution in [0.4, 0.5) is 0 Å². The van der Waals surface area contributed by atoms with Gasteiger partial charge < -0.3 is 4.74 Å². The maximum absolute atomic E-state index is 13.5. The molecule has 0 radical (unpaired) electrons. The van der Waals surface area contributed by atoms with Crippen LogP contribution in [0.1, 0.15) is 35.2 Å². The van der Waals surface area contributed by atoms with Crippen molar-refractivity contribution in [1.82, 2.24) is 4.72 Å². The molecule has 4 aromatic rings. The van der Waals surface area contributed by atoms with Gasteiger partial charge in [-0.3, -0.25) is 4.99 Å². The Morgan fingerprint density at radius 3 is 1.79 bits per heavy atom. The molecule has 4 aromatic carbocycles. The minimum atomic E-state index is -4.01. The van der Waals surface area contributed by atoms with Crippen LogP contribution in [0.3, 0.4) is 0 Å². The lowest BCUT2D eigenvalue weighted by molar-refractivity contribution is -0.145. The minimum absolute atomic E-state index is 0.0990. The number of benzene rings is 4. The second-order valence-electron chi connectivity index (χ2n) is 8.73. The van der Waals surface area contributed by atoms with E-state index in [1.54, 1.807) is 55.5 Å². The van der Waals surface area contributed by atoms with E-state index in [1.165, 1.54) is 0 Å². The highest BCUT2D eigenvalue weighted by Gasteiger charge is 2.35. The van der Waals surface area contributed by atoms with Crippen LogP contribution in [0.25, 0.3) is 0 Å². The van der Waals surface area contributed by atoms with E-state index < -0.39 is 28.1 Å². The minimum Gasteiger partial charge on any atom is -0.464 e. The number of hydrogen-bond donors (Lipinski definition) is 1. The molecule has 1 N–H and O–H groups in total. The Morgan fingerprint density at radius 2 is 1.29 bits per heavy atom. The van der Waals surface area contributed by atoms with Crippen molar-refractivity contribution in [2.75, 3.05) is 6.61 Å². The molecule has 0 heterocycles. The van der Waals surface area contributed by atoms with Crippen molar-refractivity contribution in [3.8, 4) is 0 Å². The van der Waals surface area contributed by atoms with Gasteiger partial charge in [-0.1, -0.05) is 109 Å². The highest BCUT2D eigenvalue weighted by atomic mass is 32.2. The monoisotopic (exact) mass is 526 g/mol. The third-order valence-electron chi connectivity index (χ3n) is 5.98. The van der Waals surface area contributed by atoms with Crippen LogP contribution in [0, 0.1) is 6.92 Å². The molecule has 0 aliphatic rings. The highest BCUT2D eigenvalue weighted by molar-refractivity contribution is 7.89. The van der Waals surface area contributed by atoms with Gasteiger partial charge in [-0.05, 0) is 31.5 Å². The summed E-state index contributed by atoms with van der Waals surface area (Å²) in [7, 11) is -4.01. The molecule has 0 aliphatic carbocycles. The largest absolute Gasteiger partial charge is 0.464 e. The standard InChI is InChI=1S/C31H30N2O4S/c1-3-37-31(34)30(32-28(24-13-7-4-8-14-24)25-15-9-5-10-16-25)29(26-17-11-6-12-18-26)33-38(35,36)27-21-19-23(2)20-22-27/h4-22,29-30,33H,3H2,1-2H3. The molecule has 6 nitrogen and oxygen atoms in total. The zero-order valence-corrected chi connectivity index (χ0v) is 22.1. The van der Waals surface area contributed by atoms with Gasteiger partial charge in [0, 0.05) is 11.1 Å². The third kappa shape index (κ3) is 6.62. The van der Waals surface area contributed by atoms with Gasteiger partial charge >= 0.3 is 5.97 Å². The van der Waals surface area contributed by atoms with Gasteiger partial charge in [0.25, 0.3) is 0 Å². The molecule has 38 heavy (non-hydrogen) atoms. The average Bonchev–Trinajstić information content (AvgIpc) is 2.94. The van der Waals surface area contributed by atoms with E-state index in [2.05, 4.69) is 4.72 Å². The van der Waals surface area contributed by atoms with Crippen molar-refractivity contribution in [2.45, 2.75) is 30.8 Å². The van der Waals surface area contributed by atoms with Gasteiger partial charge in [-0.15, -0.1) is 0 Å². The topological polar surface area (TPSA) is 84.8 Å². The van der Waals surface area contributed by atoms with Gasteiger partial charge in [0.1, 0.15) is 0 Å². The van der Waals surface area contributed by atoms with E-state index >= 15 is 0 Å². The van der Waals surface area contributed by atoms with E-state index in [0.717, 1.165) is 16.7 Å². The summed E-state index contributed by atoms with van der Waals surface area (Å²) in [6, 6.07) is 32.3. The normalized spacial score (nSPS) is 12.8. The summed E-state index contributed by atoms with van der Waals surface area (Å²) in [4.78, 5) is 18.5. The lowest BCUT2D eigenvalue weighted by atomic mass is 9.98. The quantitative estimate of drug-likeness (QED) is 0.219. The van der Waals surface area contributed by atoms with Crippen molar-refractivity contribution >= 4 is 21.7 Å². The first kappa shape index (κ1) is 27.0. The Balaban J connectivity index is 1.89. The summed E-state index contributed by atoms with van der Waals surface area (Å²) in [5.41, 5.74) is 3.67. The predicted octanol–water partition coefficient (Wildman–Crippen LogP) is 5.48. The van der Waals surface area contributed by atoms with E-state index in [-0.39, 0.29) is 11.5 Å². The lowest BCUT2D eigenvalue weighted by Crippen LogP contribution is -2.41. The maximum Gasteiger partial charge on any atom is 0.332 e. The fraction of sp³-hybridized carbons (Fsp3) is 0.161. The van der Waals surface area contributed by atoms with Gasteiger partial charge in [0.15, 0.2) is 6.04 Å². The van der Waals surface area contributed by atoms with Crippen LogP contribution >= 0.6 is 0 Å². The molecular weight excluding hydrogens is 496 g/mol. The molecule has 0 amide bonds. The van der Waals surface area contributed by atoms with Gasteiger partial charge in [-0.25, -0.2) is 17.9 Å². The van der Waals surface area contributed by atoms with Crippen LogP contribution in [-0.2, 0) is 19.6 Å². The summed E-state index contributed by atoms with van der Waals surface area (Å²) in [6.07, 6.45) is 0. The Kier molecular flexibility index (Phi) is 8.84. The number of aliphatic imine (C=N–C) groups is 1. The number of nitrogens with one attached hydrogen (secondary N) is 1. The smallest absolute Gasteiger partial charge is 0.332 e. The summed E-state index contributed by atoms with van der Waals surface area (Å²) in [5.74, 6) is -0.627. The first-order valence-corrected chi connectivity index (χ1v) is 13.9. The van der Waals surface area contributed by atoms with E-state index in [1.807, 2.05) is 73.7 Å². The molecular formula is C31H30N2O4S. The Labute approximate surface area is 224 Å². The first-order chi connectivity index (χ1) is 18.4. The van der Waals surface area contributed by atoms with E-state index in [9.17, 15) is 13.2 Å². The number of hydrogen-bond acceptors (Lipinski definition) is 5. The molecule has 0 spiro atoms. The Hall–Kier alpha value is -4.07. The third-order valence-corrected chi connectivity index (χ3v) is 7.44. The molecule has 2 atom stereocenters. The molecule has 194 valence electrons. The van der Waals surface area contributed by atoms with Gasteiger partial charge in [-0.2, -0.15) is 0 Å². The summed E-state index contributed by atoms with van der Waals surface area (Å²) in [6.45, 7) is 3.72. The number of aryl methyl sites for hydroxylation is 1. The number of nitrogens with zero attached hydrogens (tertiary/aromatic N) is 1. The number of carbonyl (C=O) groups excluding carboxylic acids is 1. The second-order valence-corrected chi connectivity index (χ2v) is 10.4. The van der Waals surface area contributed by atoms with E-state index in [0.29, 0.717) is 11.3 Å². The lowest BCUT2D eigenvalue weighted by Gasteiger charge is -2.25. The summed E-state index contributed by atoms with van der Waals surface area (Å²) >= 11 is 0. The molecule has 0 saturated heterocycles. The average molecular weight is 527 g/mol. The van der Waals surface area contributed by atoms with Gasteiger partial charge in [0.05, 0.1) is 23.3 Å². The van der Waals surface area contributed by atoms with Crippen molar-refractivity contribution in [3.05, 3.63) is 138 Å². The van der Waals surface area contributed by atoms with Crippen molar-refractivity contribution in [3.63, 3.8) is 0 Å². The fourth-order valence-electron chi connectivity index (χ4n) is 4.07. The summed E-state index contributed by atoms with van der Waals surface area (Å²) < 4.78 is 35.2. The van der Waals surface area contributed by atoms with Crippen LogP contribution in [-0.4, -0.2) is 32.7 Å². The van der Waals surface area contributed by atoms with Crippen molar-refractivity contribution < 1.29 is 17.9 Å². The molecule has 0 saturated carbocycles. The SMILES string of the molecule is CCOC(=O)C(N=C(c1ccccc1)c1ccccc1)C(NS(=O)(=O)c1ccc(C)cc1)c1ccccc1. The number of sulfonamides is 1. The van der Waals surface area contributed by atoms with E-state index in [4.69, 9.17) is 9.73 Å². The highest BCUT2D eigenvalue weighted by Crippen LogP contribution is 2.26. The van der Waals surface area contributed by atoms with Crippen LogP contribution in [0.15, 0.2) is 125 Å². The van der Waals surface area contributed by atoms with Crippen molar-refractivity contribution in [2.24, 2.45) is 4.99 Å². The molecule has 2 unspecified atom stereocenters. The zero-order chi connectivity index (χ0) is 27.0. The van der Waals surface area contributed by atoms with Crippen LogP contribution in [0.5, 0.6) is 0 Å². The molecule has 0 aliphatic heterocycles. The number of esters is 1. The zero-order valence-electron chi connectivity index (χ0n) is 21.3. The predicted molar refractivity (Wildman–Crippen MR) is 150 cm³/mol.